The van der Waals surface area contributed by atoms with Crippen LogP contribution < -0.4 is 15.5 Å². The second-order valence-corrected chi connectivity index (χ2v) is 12.8. The van der Waals surface area contributed by atoms with Gasteiger partial charge in [0.1, 0.15) is 18.2 Å². The summed E-state index contributed by atoms with van der Waals surface area (Å²) in [6.07, 6.45) is 5.84. The Morgan fingerprint density at radius 1 is 1.15 bits per heavy atom. The molecule has 3 N–H and O–H groups in total. The van der Waals surface area contributed by atoms with Gasteiger partial charge in [-0.25, -0.2) is 10.1 Å². The maximum atomic E-state index is 13.3. The summed E-state index contributed by atoms with van der Waals surface area (Å²) in [7, 11) is -2.87. The van der Waals surface area contributed by atoms with Crippen molar-refractivity contribution in [2.24, 2.45) is 5.92 Å². The molecule has 210 valence electrons. The van der Waals surface area contributed by atoms with Crippen LogP contribution in [0.2, 0.25) is 0 Å². The topological polar surface area (TPSA) is 130 Å². The van der Waals surface area contributed by atoms with E-state index < -0.39 is 45.8 Å². The largest absolute Gasteiger partial charge is 0.457 e. The van der Waals surface area contributed by atoms with E-state index in [4.69, 9.17) is 4.74 Å². The average molecular weight is 556 g/mol. The molecule has 5 bridgehead atoms. The van der Waals surface area contributed by atoms with E-state index in [1.807, 2.05) is 45.0 Å². The molecule has 3 heterocycles. The summed E-state index contributed by atoms with van der Waals surface area (Å²) < 4.78 is 21.9. The lowest BCUT2D eigenvalue weighted by Crippen LogP contribution is -2.61. The minimum absolute atomic E-state index is 0.0871. The summed E-state index contributed by atoms with van der Waals surface area (Å²) in [6.45, 7) is 7.44. The normalized spacial score (nSPS) is 30.2. The second-order valence-electron chi connectivity index (χ2n) is 10.6. The van der Waals surface area contributed by atoms with Gasteiger partial charge < -0.3 is 10.1 Å². The van der Waals surface area contributed by atoms with Gasteiger partial charge in [0, 0.05) is 33.6 Å². The lowest BCUT2D eigenvalue weighted by molar-refractivity contribution is -0.157. The third kappa shape index (κ3) is 7.03. The molecular weight excluding hydrogens is 518 g/mol. The minimum atomic E-state index is -2.87. The first-order valence-electron chi connectivity index (χ1n) is 13.2. The minimum Gasteiger partial charge on any atom is -0.457 e. The number of ether oxygens (including phenoxy) is 1. The second kappa shape index (κ2) is 11.8. The molecule has 1 aromatic heterocycles. The maximum Gasteiger partial charge on any atom is 0.325 e. The van der Waals surface area contributed by atoms with Gasteiger partial charge in [0.05, 0.1) is 11.7 Å². The van der Waals surface area contributed by atoms with E-state index in [1.54, 1.807) is 25.3 Å². The van der Waals surface area contributed by atoms with Crippen LogP contribution in [-0.4, -0.2) is 68.3 Å². The Labute approximate surface area is 229 Å². The van der Waals surface area contributed by atoms with Crippen LogP contribution in [0.1, 0.15) is 57.9 Å². The quantitative estimate of drug-likeness (QED) is 0.363. The number of benzene rings is 1. The molecule has 2 aromatic rings. The highest BCUT2D eigenvalue weighted by atomic mass is 32.2. The maximum absolute atomic E-state index is 13.3. The van der Waals surface area contributed by atoms with Crippen molar-refractivity contribution in [2.45, 2.75) is 64.8 Å². The number of hydrazine groups is 1. The van der Waals surface area contributed by atoms with Gasteiger partial charge >= 0.3 is 5.97 Å². The molecule has 0 spiro atoms. The molecule has 0 saturated carbocycles. The first kappa shape index (κ1) is 28.7. The molecule has 11 heteroatoms. The molecule has 1 fully saturated rings. The predicted octanol–water partition coefficient (Wildman–Crippen LogP) is 2.11. The van der Waals surface area contributed by atoms with Gasteiger partial charge in [-0.05, 0) is 67.6 Å². The summed E-state index contributed by atoms with van der Waals surface area (Å²) in [5.41, 5.74) is 4.47. The number of aromatic nitrogens is 1. The van der Waals surface area contributed by atoms with Crippen molar-refractivity contribution >= 4 is 50.2 Å². The number of nitrogens with zero attached hydrogens (tertiary/aromatic N) is 2. The van der Waals surface area contributed by atoms with Gasteiger partial charge in [0.15, 0.2) is 0 Å². The first-order valence-corrected chi connectivity index (χ1v) is 15.1. The fraction of sp³-hybridized carbons (Fsp3) is 0.464. The van der Waals surface area contributed by atoms with Crippen molar-refractivity contribution < 1.29 is 23.3 Å². The van der Waals surface area contributed by atoms with Crippen molar-refractivity contribution in [1.82, 2.24) is 25.5 Å². The van der Waals surface area contributed by atoms with Crippen molar-refractivity contribution in [3.63, 3.8) is 0 Å². The molecule has 5 atom stereocenters. The van der Waals surface area contributed by atoms with E-state index in [0.717, 1.165) is 16.3 Å². The fourth-order valence-corrected chi connectivity index (χ4v) is 6.00. The lowest BCUT2D eigenvalue weighted by Gasteiger charge is -2.35. The molecule has 1 saturated heterocycles. The summed E-state index contributed by atoms with van der Waals surface area (Å²) in [4.78, 5) is 43.8. The van der Waals surface area contributed by atoms with Gasteiger partial charge in [0.2, 0.25) is 5.91 Å². The standard InChI is InChI=1S/C28H37N5O5S/c1-17(2)25-26(34)30-18(3)27(35)33-12-6-9-24(31-33)28(36)38-19(4)20-10-11-21-16-29-23(15-22(21)14-20)8-7-13-39(5,37)32-25/h7-8,10-11,14-19,24-25,31H,5-6,9,12-13H2,1-4H3,(H,30,34)(H,32,37)/b8-7+/t18-,19+,24-,25-,39?/m0/s1. The molecular formula is C28H37N5O5S. The van der Waals surface area contributed by atoms with E-state index in [2.05, 4.69) is 26.3 Å². The van der Waals surface area contributed by atoms with Crippen molar-refractivity contribution in [2.75, 3.05) is 12.3 Å². The van der Waals surface area contributed by atoms with E-state index in [-0.39, 0.29) is 17.6 Å². The third-order valence-electron chi connectivity index (χ3n) is 6.94. The smallest absolute Gasteiger partial charge is 0.325 e. The Morgan fingerprint density at radius 2 is 1.92 bits per heavy atom. The van der Waals surface area contributed by atoms with Crippen molar-refractivity contribution in [1.29, 1.82) is 0 Å². The van der Waals surface area contributed by atoms with Crippen LogP contribution in [0.5, 0.6) is 0 Å². The molecule has 4 rings (SSSR count). The zero-order valence-corrected chi connectivity index (χ0v) is 23.6. The van der Waals surface area contributed by atoms with Crippen LogP contribution in [0.4, 0.5) is 0 Å². The van der Waals surface area contributed by atoms with Gasteiger partial charge in [0.25, 0.3) is 5.91 Å². The summed E-state index contributed by atoms with van der Waals surface area (Å²) in [5.74, 6) is 2.42. The molecule has 2 amide bonds. The third-order valence-corrected chi connectivity index (χ3v) is 8.35. The lowest BCUT2D eigenvalue weighted by atomic mass is 10.0. The number of hydrogen-bond acceptors (Lipinski definition) is 7. The molecule has 2 aliphatic rings. The van der Waals surface area contributed by atoms with Crippen LogP contribution in [-0.2, 0) is 28.8 Å². The van der Waals surface area contributed by atoms with Crippen molar-refractivity contribution in [3.05, 3.63) is 47.8 Å². The van der Waals surface area contributed by atoms with Crippen LogP contribution in [0.25, 0.3) is 16.8 Å². The molecule has 0 radical (unpaired) electrons. The molecule has 1 aromatic carbocycles. The fourth-order valence-electron chi connectivity index (χ4n) is 4.65. The Bertz CT molecular complexity index is 1390. The Balaban J connectivity index is 1.68. The number of carbonyl (C=O) groups excluding carboxylic acids is 3. The number of fused-ring (bicyclic) bond motifs is 4. The number of esters is 1. The number of carbonyl (C=O) groups is 3. The van der Waals surface area contributed by atoms with Gasteiger partial charge in [-0.3, -0.25) is 28.6 Å². The van der Waals surface area contributed by atoms with Crippen LogP contribution in [0.3, 0.4) is 0 Å². The summed E-state index contributed by atoms with van der Waals surface area (Å²) >= 11 is 0. The molecule has 2 aliphatic heterocycles. The summed E-state index contributed by atoms with van der Waals surface area (Å²) in [6, 6.07) is 5.29. The first-order chi connectivity index (χ1) is 18.4. The summed E-state index contributed by atoms with van der Waals surface area (Å²) in [5, 5.41) is 5.94. The zero-order chi connectivity index (χ0) is 28.3. The number of cyclic esters (lactones) is 1. The molecule has 0 aliphatic carbocycles. The molecule has 1 unspecified atom stereocenters. The van der Waals surface area contributed by atoms with E-state index in [0.29, 0.717) is 25.1 Å². The monoisotopic (exact) mass is 555 g/mol. The van der Waals surface area contributed by atoms with Crippen LogP contribution >= 0.6 is 0 Å². The highest BCUT2D eigenvalue weighted by molar-refractivity contribution is 7.98. The Kier molecular flexibility index (Phi) is 8.73. The van der Waals surface area contributed by atoms with E-state index in [1.165, 1.54) is 5.01 Å². The SMILES string of the molecule is C=S1(=O)C/C=C/c2cc3cc(ccc3cn2)[C@@H](C)OC(=O)[C@@H]2CCCN(N2)C(=O)[C@H](C)NC(=O)[C@H](C(C)C)N1. The van der Waals surface area contributed by atoms with Crippen LogP contribution in [0.15, 0.2) is 36.5 Å². The van der Waals surface area contributed by atoms with Gasteiger partial charge in [-0.2, -0.15) is 0 Å². The Morgan fingerprint density at radius 3 is 2.67 bits per heavy atom. The molecule has 10 nitrogen and oxygen atoms in total. The Hall–Kier alpha value is -3.28. The van der Waals surface area contributed by atoms with Crippen LogP contribution in [0, 0.1) is 5.92 Å². The number of nitrogens with one attached hydrogen (secondary N) is 3. The van der Waals surface area contributed by atoms with Gasteiger partial charge in [-0.1, -0.05) is 32.1 Å². The highest BCUT2D eigenvalue weighted by Gasteiger charge is 2.34. The predicted molar refractivity (Wildman–Crippen MR) is 153 cm³/mol. The number of hydrogen-bond donors (Lipinski definition) is 3. The van der Waals surface area contributed by atoms with Gasteiger partial charge in [-0.15, -0.1) is 0 Å². The highest BCUT2D eigenvalue weighted by Crippen LogP contribution is 2.24. The molecule has 39 heavy (non-hydrogen) atoms. The number of amides is 2. The van der Waals surface area contributed by atoms with E-state index >= 15 is 0 Å². The van der Waals surface area contributed by atoms with Crippen molar-refractivity contribution in [3.8, 4) is 0 Å². The van der Waals surface area contributed by atoms with E-state index in [9.17, 15) is 18.6 Å². The average Bonchev–Trinajstić information content (AvgIpc) is 2.90. The zero-order valence-electron chi connectivity index (χ0n) is 22.8. The number of rotatable bonds is 1. The number of pyridine rings is 1.